The standard InChI is InChI=1S/C24H41N2O3/c1-23(2,3)22(27)21(25-24(4,5)6)18-19-8-10-20(11-9-19)29-17-14-26(7)12-15-28-16-13-26/h8-11,21,25H,12-18H2,1-7H3/q+1. The van der Waals surface area contributed by atoms with Crippen LogP contribution in [0.2, 0.25) is 0 Å². The third-order valence-electron chi connectivity index (χ3n) is 5.48. The van der Waals surface area contributed by atoms with Gasteiger partial charge >= 0.3 is 0 Å². The second-order valence-electron chi connectivity index (χ2n) is 10.7. The van der Waals surface area contributed by atoms with Crippen molar-refractivity contribution in [2.75, 3.05) is 46.5 Å². The van der Waals surface area contributed by atoms with Crippen molar-refractivity contribution in [3.8, 4) is 5.75 Å². The van der Waals surface area contributed by atoms with E-state index in [-0.39, 0.29) is 22.8 Å². The van der Waals surface area contributed by atoms with Gasteiger partial charge in [-0.05, 0) is 44.9 Å². The fourth-order valence-corrected chi connectivity index (χ4v) is 3.60. The molecule has 29 heavy (non-hydrogen) atoms. The molecule has 0 amide bonds. The molecule has 5 nitrogen and oxygen atoms in total. The molecule has 1 fully saturated rings. The Balaban J connectivity index is 1.93. The van der Waals surface area contributed by atoms with Gasteiger partial charge in [0, 0.05) is 11.0 Å². The summed E-state index contributed by atoms with van der Waals surface area (Å²) in [5.41, 5.74) is 0.654. The molecule has 0 bridgehead atoms. The number of hydrogen-bond donors (Lipinski definition) is 1. The number of carbonyl (C=O) groups excluding carboxylic acids is 1. The molecule has 5 heteroatoms. The molecule has 1 aliphatic rings. The van der Waals surface area contributed by atoms with Crippen LogP contribution in [0.3, 0.4) is 0 Å². The lowest BCUT2D eigenvalue weighted by molar-refractivity contribution is -0.916. The van der Waals surface area contributed by atoms with Gasteiger partial charge in [0.1, 0.15) is 32.0 Å². The minimum absolute atomic E-state index is 0.118. The zero-order valence-corrected chi connectivity index (χ0v) is 19.5. The average Bonchev–Trinajstić information content (AvgIpc) is 2.60. The van der Waals surface area contributed by atoms with Crippen LogP contribution in [0.25, 0.3) is 0 Å². The molecule has 0 radical (unpaired) electrons. The van der Waals surface area contributed by atoms with E-state index in [4.69, 9.17) is 9.47 Å². The average molecular weight is 406 g/mol. The Hall–Kier alpha value is -1.43. The first kappa shape index (κ1) is 23.8. The highest BCUT2D eigenvalue weighted by molar-refractivity contribution is 5.89. The summed E-state index contributed by atoms with van der Waals surface area (Å²) in [6.45, 7) is 17.7. The molecule has 1 atom stereocenters. The third-order valence-corrected chi connectivity index (χ3v) is 5.48. The zero-order valence-electron chi connectivity index (χ0n) is 19.5. The largest absolute Gasteiger partial charge is 0.488 e. The van der Waals surface area contributed by atoms with Gasteiger partial charge in [0.25, 0.3) is 0 Å². The topological polar surface area (TPSA) is 47.6 Å². The van der Waals surface area contributed by atoms with Crippen molar-refractivity contribution in [2.24, 2.45) is 5.41 Å². The van der Waals surface area contributed by atoms with Crippen LogP contribution in [0.4, 0.5) is 0 Å². The monoisotopic (exact) mass is 405 g/mol. The number of Topliss-reactive ketones (excluding diaryl/α,β-unsaturated/α-hetero) is 1. The lowest BCUT2D eigenvalue weighted by atomic mass is 9.83. The van der Waals surface area contributed by atoms with E-state index in [1.165, 1.54) is 0 Å². The molecular formula is C24H41N2O3+. The van der Waals surface area contributed by atoms with Crippen molar-refractivity contribution < 1.29 is 18.8 Å². The molecule has 1 aliphatic heterocycles. The summed E-state index contributed by atoms with van der Waals surface area (Å²) in [4.78, 5) is 12.9. The summed E-state index contributed by atoms with van der Waals surface area (Å²) in [5, 5.41) is 3.51. The molecule has 164 valence electrons. The molecule has 1 heterocycles. The molecule has 0 spiro atoms. The molecule has 1 aromatic rings. The Labute approximate surface area is 177 Å². The predicted molar refractivity (Wildman–Crippen MR) is 118 cm³/mol. The molecule has 1 saturated heterocycles. The highest BCUT2D eigenvalue weighted by atomic mass is 16.5. The first-order chi connectivity index (χ1) is 13.4. The van der Waals surface area contributed by atoms with Crippen LogP contribution in [0, 0.1) is 5.41 Å². The molecule has 1 aromatic carbocycles. The zero-order chi connectivity index (χ0) is 21.7. The van der Waals surface area contributed by atoms with Crippen LogP contribution < -0.4 is 10.1 Å². The Morgan fingerprint density at radius 1 is 1.10 bits per heavy atom. The maximum Gasteiger partial charge on any atom is 0.155 e. The van der Waals surface area contributed by atoms with Crippen molar-refractivity contribution in [1.82, 2.24) is 5.32 Å². The van der Waals surface area contributed by atoms with E-state index in [9.17, 15) is 4.79 Å². The van der Waals surface area contributed by atoms with E-state index in [1.54, 1.807) is 0 Å². The van der Waals surface area contributed by atoms with Crippen molar-refractivity contribution in [1.29, 1.82) is 0 Å². The minimum atomic E-state index is -0.371. The van der Waals surface area contributed by atoms with Crippen LogP contribution in [0.15, 0.2) is 24.3 Å². The predicted octanol–water partition coefficient (Wildman–Crippen LogP) is 3.46. The number of rotatable bonds is 8. The number of nitrogens with zero attached hydrogens (tertiary/aromatic N) is 1. The van der Waals surface area contributed by atoms with Crippen molar-refractivity contribution in [2.45, 2.75) is 59.5 Å². The van der Waals surface area contributed by atoms with Crippen LogP contribution in [-0.2, 0) is 16.0 Å². The van der Waals surface area contributed by atoms with Crippen molar-refractivity contribution in [3.63, 3.8) is 0 Å². The van der Waals surface area contributed by atoms with Gasteiger partial charge in [0.15, 0.2) is 5.78 Å². The third kappa shape index (κ3) is 8.07. The maximum absolute atomic E-state index is 12.9. The second-order valence-corrected chi connectivity index (χ2v) is 10.7. The summed E-state index contributed by atoms with van der Waals surface area (Å²) < 4.78 is 12.4. The Morgan fingerprint density at radius 3 is 2.21 bits per heavy atom. The fraction of sp³-hybridized carbons (Fsp3) is 0.708. The van der Waals surface area contributed by atoms with E-state index in [1.807, 2.05) is 32.9 Å². The number of nitrogens with one attached hydrogen (secondary N) is 1. The second kappa shape index (κ2) is 9.59. The molecule has 1 N–H and O–H groups in total. The van der Waals surface area contributed by atoms with Gasteiger partial charge in [-0.3, -0.25) is 4.79 Å². The quantitative estimate of drug-likeness (QED) is 0.673. The summed E-state index contributed by atoms with van der Waals surface area (Å²) in [7, 11) is 2.27. The maximum atomic E-state index is 12.9. The molecule has 0 saturated carbocycles. The number of morpholine rings is 1. The van der Waals surface area contributed by atoms with Gasteiger partial charge in [-0.15, -0.1) is 0 Å². The van der Waals surface area contributed by atoms with Crippen molar-refractivity contribution >= 4 is 5.78 Å². The number of ether oxygens (including phenoxy) is 2. The lowest BCUT2D eigenvalue weighted by Crippen LogP contribution is -2.53. The number of hydrogen-bond acceptors (Lipinski definition) is 4. The highest BCUT2D eigenvalue weighted by Gasteiger charge is 2.32. The normalized spacial score (nSPS) is 18.3. The molecule has 1 unspecified atom stereocenters. The van der Waals surface area contributed by atoms with Crippen LogP contribution in [-0.4, -0.2) is 68.3 Å². The highest BCUT2D eigenvalue weighted by Crippen LogP contribution is 2.22. The fourth-order valence-electron chi connectivity index (χ4n) is 3.60. The Morgan fingerprint density at radius 2 is 1.69 bits per heavy atom. The van der Waals surface area contributed by atoms with E-state index >= 15 is 0 Å². The van der Waals surface area contributed by atoms with Gasteiger partial charge < -0.3 is 19.3 Å². The Kier molecular flexibility index (Phi) is 7.88. The van der Waals surface area contributed by atoms with Crippen molar-refractivity contribution in [3.05, 3.63) is 29.8 Å². The molecular weight excluding hydrogens is 364 g/mol. The Bertz CT molecular complexity index is 650. The van der Waals surface area contributed by atoms with Gasteiger partial charge in [0.2, 0.25) is 0 Å². The lowest BCUT2D eigenvalue weighted by Gasteiger charge is -2.37. The van der Waals surface area contributed by atoms with E-state index in [0.29, 0.717) is 13.0 Å². The van der Waals surface area contributed by atoms with Gasteiger partial charge in [-0.1, -0.05) is 32.9 Å². The molecule has 0 aliphatic carbocycles. The van der Waals surface area contributed by atoms with E-state index in [0.717, 1.165) is 48.6 Å². The summed E-state index contributed by atoms with van der Waals surface area (Å²) in [5.74, 6) is 1.13. The minimum Gasteiger partial charge on any atom is -0.488 e. The van der Waals surface area contributed by atoms with Crippen LogP contribution in [0.5, 0.6) is 5.75 Å². The first-order valence-electron chi connectivity index (χ1n) is 10.8. The first-order valence-corrected chi connectivity index (χ1v) is 10.8. The van der Waals surface area contributed by atoms with Crippen LogP contribution in [0.1, 0.15) is 47.1 Å². The van der Waals surface area contributed by atoms with E-state index in [2.05, 4.69) is 45.3 Å². The molecule has 2 rings (SSSR count). The number of ketones is 1. The summed E-state index contributed by atoms with van der Waals surface area (Å²) in [6.07, 6.45) is 0.683. The van der Waals surface area contributed by atoms with Gasteiger partial charge in [-0.2, -0.15) is 0 Å². The summed E-state index contributed by atoms with van der Waals surface area (Å²) in [6, 6.07) is 7.99. The number of carbonyl (C=O) groups is 1. The van der Waals surface area contributed by atoms with Gasteiger partial charge in [-0.25, -0.2) is 0 Å². The number of quaternary nitrogens is 1. The van der Waals surface area contributed by atoms with Gasteiger partial charge in [0.05, 0.1) is 26.3 Å². The summed E-state index contributed by atoms with van der Waals surface area (Å²) >= 11 is 0. The number of likely N-dealkylation sites (N-methyl/N-ethyl adjacent to an activating group) is 1. The number of benzene rings is 1. The smallest absolute Gasteiger partial charge is 0.155 e. The molecule has 0 aromatic heterocycles. The SMILES string of the molecule is CC(C)(C)NC(Cc1ccc(OCC[N+]2(C)CCOCC2)cc1)C(=O)C(C)(C)C. The van der Waals surface area contributed by atoms with E-state index < -0.39 is 0 Å². The van der Waals surface area contributed by atoms with Crippen LogP contribution >= 0.6 is 0 Å².